The summed E-state index contributed by atoms with van der Waals surface area (Å²) in [5.74, 6) is 6.95. The number of nitrogens with zero attached hydrogens (tertiary/aromatic N) is 5. The molecule has 2 N–H and O–H groups in total. The summed E-state index contributed by atoms with van der Waals surface area (Å²) < 4.78 is 1.44. The van der Waals surface area contributed by atoms with Gasteiger partial charge in [-0.15, -0.1) is 21.5 Å². The molecule has 0 unspecified atom stereocenters. The van der Waals surface area contributed by atoms with E-state index in [0.29, 0.717) is 26.9 Å². The number of carbonyl (C=O) groups is 1. The first-order valence-electron chi connectivity index (χ1n) is 7.26. The van der Waals surface area contributed by atoms with Crippen molar-refractivity contribution >= 4 is 51.4 Å². The summed E-state index contributed by atoms with van der Waals surface area (Å²) in [4.78, 5) is 18.2. The van der Waals surface area contributed by atoms with Gasteiger partial charge in [0.25, 0.3) is 0 Å². The Morgan fingerprint density at radius 2 is 2.08 bits per heavy atom. The predicted octanol–water partition coefficient (Wildman–Crippen LogP) is 3.39. The third-order valence-corrected chi connectivity index (χ3v) is 5.42. The highest BCUT2D eigenvalue weighted by molar-refractivity contribution is 7.98. The molecule has 3 rings (SSSR count). The second-order valence-corrected chi connectivity index (χ2v) is 7.36. The summed E-state index contributed by atoms with van der Waals surface area (Å²) in [6.45, 7) is 3.29. The van der Waals surface area contributed by atoms with Crippen LogP contribution in [0.3, 0.4) is 0 Å². The average Bonchev–Trinajstić information content (AvgIpc) is 3.16. The van der Waals surface area contributed by atoms with Gasteiger partial charge >= 0.3 is 0 Å². The summed E-state index contributed by atoms with van der Waals surface area (Å²) in [5.41, 5.74) is 1.56. The Hall–Kier alpha value is -2.10. The number of halogens is 1. The van der Waals surface area contributed by atoms with Gasteiger partial charge in [-0.25, -0.2) is 9.66 Å². The van der Waals surface area contributed by atoms with E-state index in [1.54, 1.807) is 36.1 Å². The summed E-state index contributed by atoms with van der Waals surface area (Å²) in [7, 11) is 0. The van der Waals surface area contributed by atoms with E-state index in [2.05, 4.69) is 15.2 Å². The molecule has 130 valence electrons. The zero-order valence-corrected chi connectivity index (χ0v) is 15.9. The van der Waals surface area contributed by atoms with Crippen LogP contribution in [0.2, 0.25) is 5.02 Å². The van der Waals surface area contributed by atoms with Crippen molar-refractivity contribution in [2.24, 2.45) is 0 Å². The third-order valence-electron chi connectivity index (χ3n) is 3.31. The number of hydrogen-bond donors (Lipinski definition) is 1. The van der Waals surface area contributed by atoms with E-state index < -0.39 is 0 Å². The van der Waals surface area contributed by atoms with E-state index in [0.717, 1.165) is 11.4 Å². The van der Waals surface area contributed by atoms with Crippen LogP contribution in [-0.4, -0.2) is 25.8 Å². The number of nitrogens with two attached hydrogens (primary N) is 1. The molecular formula is C15H15ClN6OS2. The number of thioether (sulfide) groups is 1. The first-order chi connectivity index (χ1) is 12.0. The number of nitrogen functional groups attached to an aromatic ring is 1. The minimum absolute atomic E-state index is 0.117. The summed E-state index contributed by atoms with van der Waals surface area (Å²) in [5, 5.41) is 11.7. The fraction of sp³-hybridized carbons (Fsp3) is 0.200. The molecule has 0 aliphatic rings. The van der Waals surface area contributed by atoms with E-state index >= 15 is 0 Å². The lowest BCUT2D eigenvalue weighted by Crippen LogP contribution is -2.22. The number of carbonyl (C=O) groups excluding carboxylic acids is 1. The lowest BCUT2D eigenvalue weighted by atomic mass is 10.3. The van der Waals surface area contributed by atoms with Gasteiger partial charge in [0, 0.05) is 23.1 Å². The Bertz CT molecular complexity index is 892. The van der Waals surface area contributed by atoms with Gasteiger partial charge < -0.3 is 5.84 Å². The van der Waals surface area contributed by atoms with Crippen molar-refractivity contribution in [3.63, 3.8) is 0 Å². The molecule has 0 aliphatic carbocycles. The molecule has 2 aromatic heterocycles. The van der Waals surface area contributed by atoms with Crippen molar-refractivity contribution in [1.29, 1.82) is 0 Å². The highest BCUT2D eigenvalue weighted by atomic mass is 35.5. The van der Waals surface area contributed by atoms with Crippen molar-refractivity contribution in [3.8, 4) is 0 Å². The van der Waals surface area contributed by atoms with Crippen LogP contribution in [0, 0.1) is 6.92 Å². The Labute approximate surface area is 157 Å². The van der Waals surface area contributed by atoms with E-state index in [-0.39, 0.29) is 5.91 Å². The number of aromatic nitrogens is 4. The van der Waals surface area contributed by atoms with E-state index in [1.807, 2.05) is 5.38 Å². The SMILES string of the molecule is CC(=O)N(c1ccc(Cl)cc1)c1nc(CSc2nnc(C)n2N)cs1. The molecule has 7 nitrogen and oxygen atoms in total. The minimum atomic E-state index is -0.117. The largest absolute Gasteiger partial charge is 0.336 e. The zero-order chi connectivity index (χ0) is 18.0. The van der Waals surface area contributed by atoms with Crippen molar-refractivity contribution < 1.29 is 4.79 Å². The van der Waals surface area contributed by atoms with Gasteiger partial charge in [0.15, 0.2) is 5.13 Å². The Morgan fingerprint density at radius 1 is 1.36 bits per heavy atom. The van der Waals surface area contributed by atoms with Crippen molar-refractivity contribution in [3.05, 3.63) is 46.2 Å². The van der Waals surface area contributed by atoms with Gasteiger partial charge in [-0.2, -0.15) is 0 Å². The van der Waals surface area contributed by atoms with Crippen LogP contribution in [0.5, 0.6) is 0 Å². The van der Waals surface area contributed by atoms with Crippen molar-refractivity contribution in [2.75, 3.05) is 10.7 Å². The monoisotopic (exact) mass is 394 g/mol. The molecule has 2 heterocycles. The van der Waals surface area contributed by atoms with Crippen LogP contribution < -0.4 is 10.7 Å². The molecule has 0 bridgehead atoms. The number of aryl methyl sites for hydroxylation is 1. The molecule has 0 saturated carbocycles. The summed E-state index contributed by atoms with van der Waals surface area (Å²) in [6.07, 6.45) is 0. The molecule has 0 aliphatic heterocycles. The van der Waals surface area contributed by atoms with E-state index in [9.17, 15) is 4.79 Å². The van der Waals surface area contributed by atoms with Crippen molar-refractivity contribution in [1.82, 2.24) is 19.9 Å². The topological polar surface area (TPSA) is 89.9 Å². The molecule has 25 heavy (non-hydrogen) atoms. The molecule has 0 spiro atoms. The van der Waals surface area contributed by atoms with Gasteiger partial charge in [-0.1, -0.05) is 23.4 Å². The van der Waals surface area contributed by atoms with Gasteiger partial charge in [0.1, 0.15) is 5.82 Å². The predicted molar refractivity (Wildman–Crippen MR) is 101 cm³/mol. The Morgan fingerprint density at radius 3 is 2.68 bits per heavy atom. The number of rotatable bonds is 5. The second kappa shape index (κ2) is 7.42. The molecule has 0 fully saturated rings. The fourth-order valence-corrected chi connectivity index (χ4v) is 3.98. The van der Waals surface area contributed by atoms with Gasteiger partial charge in [0.2, 0.25) is 11.1 Å². The van der Waals surface area contributed by atoms with Crippen molar-refractivity contribution in [2.45, 2.75) is 24.8 Å². The van der Waals surface area contributed by atoms with Crippen LogP contribution in [0.25, 0.3) is 0 Å². The molecule has 1 amide bonds. The number of benzene rings is 1. The standard InChI is InChI=1S/C15H15ClN6OS2/c1-9-19-20-15(22(9)17)25-8-12-7-24-14(18-12)21(10(2)23)13-5-3-11(16)4-6-13/h3-7H,8,17H2,1-2H3. The maximum Gasteiger partial charge on any atom is 0.230 e. The summed E-state index contributed by atoms with van der Waals surface area (Å²) >= 11 is 8.76. The number of thiazole rings is 1. The Kier molecular flexibility index (Phi) is 5.26. The second-order valence-electron chi connectivity index (χ2n) is 5.14. The van der Waals surface area contributed by atoms with Crippen LogP contribution in [-0.2, 0) is 10.5 Å². The third kappa shape index (κ3) is 3.94. The van der Waals surface area contributed by atoms with Gasteiger partial charge in [-0.05, 0) is 31.2 Å². The fourth-order valence-electron chi connectivity index (χ4n) is 2.07. The van der Waals surface area contributed by atoms with Crippen LogP contribution in [0.4, 0.5) is 10.8 Å². The van der Waals surface area contributed by atoms with Crippen LogP contribution in [0.15, 0.2) is 34.8 Å². The maximum atomic E-state index is 12.1. The maximum absolute atomic E-state index is 12.1. The lowest BCUT2D eigenvalue weighted by Gasteiger charge is -2.17. The molecular weight excluding hydrogens is 380 g/mol. The first kappa shape index (κ1) is 17.7. The first-order valence-corrected chi connectivity index (χ1v) is 9.50. The van der Waals surface area contributed by atoms with Crippen LogP contribution in [0.1, 0.15) is 18.4 Å². The number of anilines is 2. The number of amides is 1. The van der Waals surface area contributed by atoms with Crippen LogP contribution >= 0.6 is 34.7 Å². The molecule has 10 heteroatoms. The van der Waals surface area contributed by atoms with Gasteiger partial charge in [-0.3, -0.25) is 9.69 Å². The Balaban J connectivity index is 1.77. The highest BCUT2D eigenvalue weighted by Crippen LogP contribution is 2.31. The molecule has 3 aromatic rings. The minimum Gasteiger partial charge on any atom is -0.336 e. The lowest BCUT2D eigenvalue weighted by molar-refractivity contribution is -0.115. The molecule has 0 radical (unpaired) electrons. The summed E-state index contributed by atoms with van der Waals surface area (Å²) in [6, 6.07) is 7.07. The smallest absolute Gasteiger partial charge is 0.230 e. The normalized spacial score (nSPS) is 10.8. The average molecular weight is 395 g/mol. The highest BCUT2D eigenvalue weighted by Gasteiger charge is 2.18. The number of hydrogen-bond acceptors (Lipinski definition) is 7. The molecule has 0 atom stereocenters. The molecule has 0 saturated heterocycles. The molecule has 1 aromatic carbocycles. The zero-order valence-electron chi connectivity index (χ0n) is 13.5. The quantitative estimate of drug-likeness (QED) is 0.527. The van der Waals surface area contributed by atoms with E-state index in [4.69, 9.17) is 17.4 Å². The van der Waals surface area contributed by atoms with Gasteiger partial charge in [0.05, 0.1) is 11.4 Å². The van der Waals surface area contributed by atoms with E-state index in [1.165, 1.54) is 34.7 Å².